The fourth-order valence-electron chi connectivity index (χ4n) is 6.68. The second-order valence-electron chi connectivity index (χ2n) is 15.5. The van der Waals surface area contributed by atoms with Crippen LogP contribution in [0.15, 0.2) is 78.0 Å². The van der Waals surface area contributed by atoms with Crippen LogP contribution in [0.3, 0.4) is 0 Å². The van der Waals surface area contributed by atoms with Gasteiger partial charge in [0.1, 0.15) is 5.76 Å². The van der Waals surface area contributed by atoms with Crippen LogP contribution in [0.5, 0.6) is 0 Å². The summed E-state index contributed by atoms with van der Waals surface area (Å²) >= 11 is 3.72. The van der Waals surface area contributed by atoms with Crippen molar-refractivity contribution in [2.24, 2.45) is 10.8 Å². The number of ketones is 1. The first-order valence-corrected chi connectivity index (χ1v) is 20.1. The molecule has 1 radical (unpaired) electrons. The number of thiophene rings is 2. The summed E-state index contributed by atoms with van der Waals surface area (Å²) in [5, 5.41) is 17.4. The molecule has 6 aromatic rings. The fraction of sp³-hybridized carbons (Fsp3) is 0.391. The summed E-state index contributed by atoms with van der Waals surface area (Å²) in [4.78, 5) is 18.4. The molecule has 0 spiro atoms. The van der Waals surface area contributed by atoms with E-state index in [0.29, 0.717) is 0 Å². The molecule has 0 saturated carbocycles. The number of hydrogen-bond acceptors (Lipinski definition) is 5. The third-order valence-corrected chi connectivity index (χ3v) is 13.8. The Morgan fingerprint density at radius 1 is 0.865 bits per heavy atom. The Balaban J connectivity index is 0.000000289. The Morgan fingerprint density at radius 3 is 2.13 bits per heavy atom. The molecule has 277 valence electrons. The van der Waals surface area contributed by atoms with Crippen LogP contribution in [0.1, 0.15) is 105 Å². The molecule has 0 fully saturated rings. The number of benzene rings is 3. The molecule has 0 bridgehead atoms. The maximum atomic E-state index is 12.2. The third kappa shape index (κ3) is 8.02. The number of aryl methyl sites for hydroxylation is 2. The van der Waals surface area contributed by atoms with Crippen molar-refractivity contribution in [3.63, 3.8) is 0 Å². The van der Waals surface area contributed by atoms with E-state index in [1.165, 1.54) is 58.8 Å². The van der Waals surface area contributed by atoms with Gasteiger partial charge in [0, 0.05) is 68.7 Å². The number of aliphatic hydroxyl groups is 1. The second kappa shape index (κ2) is 16.5. The van der Waals surface area contributed by atoms with Gasteiger partial charge in [0.15, 0.2) is 5.78 Å². The summed E-state index contributed by atoms with van der Waals surface area (Å²) in [6.45, 7) is 23.4. The molecule has 0 saturated heterocycles. The van der Waals surface area contributed by atoms with Gasteiger partial charge in [-0.15, -0.1) is 51.8 Å². The number of rotatable bonds is 9. The number of pyridine rings is 1. The van der Waals surface area contributed by atoms with Crippen LogP contribution >= 0.6 is 22.7 Å². The van der Waals surface area contributed by atoms with Gasteiger partial charge in [0.2, 0.25) is 0 Å². The van der Waals surface area contributed by atoms with E-state index >= 15 is 0 Å². The van der Waals surface area contributed by atoms with Gasteiger partial charge in [-0.25, -0.2) is 0 Å². The summed E-state index contributed by atoms with van der Waals surface area (Å²) in [7, 11) is 0. The molecule has 6 heteroatoms. The van der Waals surface area contributed by atoms with E-state index < -0.39 is 0 Å². The molecule has 3 heterocycles. The second-order valence-corrected chi connectivity index (χ2v) is 17.4. The SMILES string of the molecule is CCC(C)(CC)C(=O)/C=C(\O)C(C)(CC)CC.Cc1csc2c(-c3sc4ccnc(-c5[c-]c6ccccc6c(C(C)(C)C)c5)c4c3C)cccc12.[Ir]. The fourth-order valence-corrected chi connectivity index (χ4v) is 9.05. The van der Waals surface area contributed by atoms with Crippen molar-refractivity contribution in [2.45, 2.75) is 107 Å². The van der Waals surface area contributed by atoms with E-state index in [9.17, 15) is 9.90 Å². The molecule has 6 rings (SSSR count). The number of aliphatic hydroxyl groups excluding tert-OH is 1. The molecule has 0 aliphatic carbocycles. The number of hydrogen-bond donors (Lipinski definition) is 1. The Bertz CT molecular complexity index is 2220. The summed E-state index contributed by atoms with van der Waals surface area (Å²) in [5.74, 6) is 0.286. The first kappa shape index (κ1) is 41.6. The minimum absolute atomic E-state index is 0. The van der Waals surface area contributed by atoms with Gasteiger partial charge < -0.3 is 5.11 Å². The van der Waals surface area contributed by atoms with E-state index in [4.69, 9.17) is 4.98 Å². The zero-order valence-electron chi connectivity index (χ0n) is 32.7. The van der Waals surface area contributed by atoms with Crippen LogP contribution in [0.25, 0.3) is 52.6 Å². The molecular weight excluding hydrogens is 855 g/mol. The van der Waals surface area contributed by atoms with Gasteiger partial charge in [-0.3, -0.25) is 9.78 Å². The maximum Gasteiger partial charge on any atom is 0.164 e. The first-order valence-electron chi connectivity index (χ1n) is 18.4. The number of carbonyl (C=O) groups excluding carboxylic acids is 1. The Labute approximate surface area is 333 Å². The van der Waals surface area contributed by atoms with Gasteiger partial charge in [-0.2, -0.15) is 0 Å². The van der Waals surface area contributed by atoms with Crippen molar-refractivity contribution in [3.05, 3.63) is 101 Å². The van der Waals surface area contributed by atoms with Crippen molar-refractivity contribution < 1.29 is 30.0 Å². The molecule has 1 N–H and O–H groups in total. The van der Waals surface area contributed by atoms with Crippen molar-refractivity contribution >= 4 is 59.4 Å². The molecule has 0 amide bonds. The predicted octanol–water partition coefficient (Wildman–Crippen LogP) is 14.4. The normalized spacial score (nSPS) is 12.6. The Hall–Kier alpha value is -3.15. The van der Waals surface area contributed by atoms with Gasteiger partial charge in [-0.05, 0) is 78.3 Å². The van der Waals surface area contributed by atoms with E-state index in [2.05, 4.69) is 101 Å². The van der Waals surface area contributed by atoms with Crippen molar-refractivity contribution in [1.29, 1.82) is 0 Å². The molecule has 0 aliphatic heterocycles. The van der Waals surface area contributed by atoms with E-state index in [1.54, 1.807) is 0 Å². The number of carbonyl (C=O) groups is 1. The first-order chi connectivity index (χ1) is 24.1. The number of aromatic nitrogens is 1. The minimum Gasteiger partial charge on any atom is -0.512 e. The van der Waals surface area contributed by atoms with Crippen LogP contribution < -0.4 is 0 Å². The van der Waals surface area contributed by atoms with Crippen LogP contribution in [-0.2, 0) is 30.3 Å². The summed E-state index contributed by atoms with van der Waals surface area (Å²) in [6.07, 6.45) is 6.71. The average molecular weight is 909 g/mol. The van der Waals surface area contributed by atoms with Crippen LogP contribution in [-0.4, -0.2) is 15.9 Å². The Morgan fingerprint density at radius 2 is 1.50 bits per heavy atom. The summed E-state index contributed by atoms with van der Waals surface area (Å²) in [5.41, 5.74) is 6.85. The molecule has 3 aromatic carbocycles. The van der Waals surface area contributed by atoms with Crippen LogP contribution in [0.4, 0.5) is 0 Å². The zero-order valence-corrected chi connectivity index (χ0v) is 36.7. The number of nitrogens with zero attached hydrogens (tertiary/aromatic N) is 1. The number of fused-ring (bicyclic) bond motifs is 3. The molecule has 0 atom stereocenters. The Kier molecular flexibility index (Phi) is 13.2. The van der Waals surface area contributed by atoms with Gasteiger partial charge in [-0.1, -0.05) is 110 Å². The molecule has 0 unspecified atom stereocenters. The topological polar surface area (TPSA) is 50.2 Å². The van der Waals surface area contributed by atoms with Gasteiger partial charge in [0.25, 0.3) is 0 Å². The van der Waals surface area contributed by atoms with Crippen molar-refractivity contribution in [3.8, 4) is 21.7 Å². The molecule has 3 aromatic heterocycles. The van der Waals surface area contributed by atoms with E-state index in [1.807, 2.05) is 70.4 Å². The van der Waals surface area contributed by atoms with Crippen LogP contribution in [0, 0.1) is 30.7 Å². The van der Waals surface area contributed by atoms with Crippen molar-refractivity contribution in [1.82, 2.24) is 4.98 Å². The van der Waals surface area contributed by atoms with Gasteiger partial charge >= 0.3 is 0 Å². The summed E-state index contributed by atoms with van der Waals surface area (Å²) in [6, 6.07) is 23.5. The molecule has 0 aliphatic rings. The zero-order chi connectivity index (χ0) is 37.3. The monoisotopic (exact) mass is 909 g/mol. The predicted molar refractivity (Wildman–Crippen MR) is 223 cm³/mol. The number of allylic oxidation sites excluding steroid dienone is 2. The third-order valence-electron chi connectivity index (χ3n) is 11.3. The standard InChI is InChI=1S/C31H26NS2.C15H28O2.Ir/c1-18-17-33-30-22(18)11-8-12-24(30)29-19(2)27-26(34-29)13-14-32-28(27)21-15-20-9-6-7-10-23(20)25(16-21)31(3,4)5;1-7-14(5,8-2)12(16)11-13(17)15(6,9-3)10-4;/h6-14,16-17H,1-5H3;11,16H,7-10H2,1-6H3;/q-1;;/b;12-11-;. The van der Waals surface area contributed by atoms with Crippen LogP contribution in [0.2, 0.25) is 0 Å². The molecule has 52 heavy (non-hydrogen) atoms. The largest absolute Gasteiger partial charge is 0.512 e. The smallest absolute Gasteiger partial charge is 0.164 e. The molecule has 3 nitrogen and oxygen atoms in total. The van der Waals surface area contributed by atoms with E-state index in [0.717, 1.165) is 42.3 Å². The maximum absolute atomic E-state index is 12.2. The minimum atomic E-state index is -0.337. The average Bonchev–Trinajstić information content (AvgIpc) is 3.69. The summed E-state index contributed by atoms with van der Waals surface area (Å²) < 4.78 is 2.65. The van der Waals surface area contributed by atoms with Gasteiger partial charge in [0.05, 0.1) is 0 Å². The molecular formula is C46H54IrNO2S2-. The van der Waals surface area contributed by atoms with Crippen molar-refractivity contribution in [2.75, 3.05) is 0 Å². The van der Waals surface area contributed by atoms with E-state index in [-0.39, 0.29) is 47.9 Å². The quantitative estimate of drug-likeness (QED) is 0.0893.